The van der Waals surface area contributed by atoms with E-state index in [0.29, 0.717) is 51.4 Å². The van der Waals surface area contributed by atoms with Crippen molar-refractivity contribution in [3.05, 3.63) is 0 Å². The fourth-order valence-electron chi connectivity index (χ4n) is 5.65. The molecule has 0 aromatic carbocycles. The maximum Gasteiger partial charge on any atom is 0.251 e. The van der Waals surface area contributed by atoms with Gasteiger partial charge in [0.1, 0.15) is 12.8 Å². The minimum atomic E-state index is -1.11. The molecule has 4 aliphatic carbocycles. The number of hydrogen-bond acceptors (Lipinski definition) is 6. The molecule has 0 aromatic heterocycles. The van der Waals surface area contributed by atoms with Crippen LogP contribution >= 0.6 is 11.6 Å². The van der Waals surface area contributed by atoms with E-state index in [2.05, 4.69) is 16.1 Å². The van der Waals surface area contributed by atoms with Gasteiger partial charge in [-0.25, -0.2) is 4.39 Å². The lowest BCUT2D eigenvalue weighted by atomic mass is 9.60. The second kappa shape index (κ2) is 9.70. The van der Waals surface area contributed by atoms with Crippen molar-refractivity contribution in [2.45, 2.75) is 118 Å². The molecular weight excluding hydrogens is 441 g/mol. The zero-order valence-corrected chi connectivity index (χ0v) is 19.3. The molecule has 182 valence electrons. The summed E-state index contributed by atoms with van der Waals surface area (Å²) in [6, 6.07) is 0.178. The van der Waals surface area contributed by atoms with Gasteiger partial charge >= 0.3 is 0 Å². The molecule has 1 heterocycles. The molecule has 8 nitrogen and oxygen atoms in total. The molecule has 0 spiro atoms. The second-order valence-electron chi connectivity index (χ2n) is 10.0. The zero-order valence-electron chi connectivity index (χ0n) is 18.6. The van der Waals surface area contributed by atoms with E-state index in [9.17, 15) is 19.1 Å². The maximum atomic E-state index is 13.8. The van der Waals surface area contributed by atoms with Gasteiger partial charge in [0.15, 0.2) is 6.10 Å². The Morgan fingerprint density at radius 1 is 1.22 bits per heavy atom. The third-order valence-corrected chi connectivity index (χ3v) is 8.35. The molecule has 4 N–H and O–H groups in total. The highest BCUT2D eigenvalue weighted by molar-refractivity contribution is 6.21. The minimum Gasteiger partial charge on any atom is -0.391 e. The molecule has 2 amide bonds. The molecule has 0 aromatic rings. The number of rotatable bonds is 7. The second-order valence-corrected chi connectivity index (χ2v) is 10.6. The molecule has 1 aliphatic heterocycles. The SMILES string of the molecule is CCC1CC(C(=O)NC23CCC(NC(=O)COC4CCC(Cl)C(F)C4)(CC2)[C@@H](O)C3)ON1. The smallest absolute Gasteiger partial charge is 0.251 e. The molecule has 0 radical (unpaired) electrons. The summed E-state index contributed by atoms with van der Waals surface area (Å²) in [5, 5.41) is 16.5. The number of aliphatic hydroxyl groups excluding tert-OH is 1. The summed E-state index contributed by atoms with van der Waals surface area (Å²) < 4.78 is 19.4. The van der Waals surface area contributed by atoms with Crippen LogP contribution in [0, 0.1) is 0 Å². The van der Waals surface area contributed by atoms with Crippen molar-refractivity contribution in [1.82, 2.24) is 16.1 Å². The van der Waals surface area contributed by atoms with Crippen LogP contribution in [0.4, 0.5) is 4.39 Å². The van der Waals surface area contributed by atoms with Gasteiger partial charge in [0.2, 0.25) is 5.91 Å². The van der Waals surface area contributed by atoms with Gasteiger partial charge in [0.25, 0.3) is 5.91 Å². The Morgan fingerprint density at radius 3 is 2.59 bits per heavy atom. The van der Waals surface area contributed by atoms with Crippen LogP contribution < -0.4 is 16.1 Å². The summed E-state index contributed by atoms with van der Waals surface area (Å²) in [5.41, 5.74) is 1.72. The summed E-state index contributed by atoms with van der Waals surface area (Å²) in [6.45, 7) is 1.88. The highest BCUT2D eigenvalue weighted by Gasteiger charge is 2.55. The molecule has 5 aliphatic rings. The standard InChI is InChI=1S/C22H35ClFN3O5/c1-2-13-9-17(32-27-13)20(30)26-21-5-7-22(8-6-21,18(28)11-21)25-19(29)12-31-14-3-4-15(23)16(24)10-14/h13-18,27-28H,2-12H2,1H3,(H,25,29)(H,26,30)/t13?,14?,15?,16?,17?,18-,21?,22?/m0/s1. The van der Waals surface area contributed by atoms with Crippen molar-refractivity contribution in [1.29, 1.82) is 0 Å². The van der Waals surface area contributed by atoms with Gasteiger partial charge < -0.3 is 20.5 Å². The summed E-state index contributed by atoms with van der Waals surface area (Å²) in [4.78, 5) is 30.7. The van der Waals surface area contributed by atoms with Crippen molar-refractivity contribution < 1.29 is 28.7 Å². The molecule has 1 saturated heterocycles. The molecule has 5 unspecified atom stereocenters. The number of amides is 2. The summed E-state index contributed by atoms with van der Waals surface area (Å²) in [5.74, 6) is -0.452. The van der Waals surface area contributed by atoms with Crippen LogP contribution in [0.15, 0.2) is 0 Å². The lowest BCUT2D eigenvalue weighted by Gasteiger charge is -2.56. The van der Waals surface area contributed by atoms with Gasteiger partial charge in [-0.15, -0.1) is 11.6 Å². The predicted octanol–water partition coefficient (Wildman–Crippen LogP) is 1.62. The lowest BCUT2D eigenvalue weighted by Crippen LogP contribution is -2.70. The molecule has 2 bridgehead atoms. The molecule has 6 atom stereocenters. The first kappa shape index (κ1) is 24.1. The van der Waals surface area contributed by atoms with Crippen LogP contribution in [0.2, 0.25) is 0 Å². The molecular formula is C22H35ClFN3O5. The number of nitrogens with one attached hydrogen (secondary N) is 3. The zero-order chi connectivity index (χ0) is 22.9. The third kappa shape index (κ3) is 5.06. The van der Waals surface area contributed by atoms with Crippen LogP contribution in [-0.4, -0.2) is 70.5 Å². The number of hydroxylamine groups is 1. The van der Waals surface area contributed by atoms with Crippen LogP contribution in [0.1, 0.15) is 71.1 Å². The first-order valence-corrected chi connectivity index (χ1v) is 12.3. The van der Waals surface area contributed by atoms with E-state index in [-0.39, 0.29) is 37.0 Å². The Hall–Kier alpha value is -1.00. The summed E-state index contributed by atoms with van der Waals surface area (Å²) in [6.07, 6.45) is 3.09. The van der Waals surface area contributed by atoms with E-state index in [4.69, 9.17) is 21.2 Å². The van der Waals surface area contributed by atoms with E-state index in [1.54, 1.807) is 0 Å². The Labute approximate surface area is 193 Å². The van der Waals surface area contributed by atoms with Gasteiger partial charge in [0.05, 0.1) is 23.1 Å². The number of halogens is 2. The molecule has 5 fully saturated rings. The largest absolute Gasteiger partial charge is 0.391 e. The minimum absolute atomic E-state index is 0.148. The first-order chi connectivity index (χ1) is 15.2. The van der Waals surface area contributed by atoms with E-state index < -0.39 is 34.8 Å². The molecule has 10 heteroatoms. The van der Waals surface area contributed by atoms with Gasteiger partial charge in [0, 0.05) is 24.4 Å². The van der Waals surface area contributed by atoms with E-state index >= 15 is 0 Å². The van der Waals surface area contributed by atoms with Crippen molar-refractivity contribution in [2.24, 2.45) is 0 Å². The number of aliphatic hydroxyl groups is 1. The van der Waals surface area contributed by atoms with E-state index in [0.717, 1.165) is 6.42 Å². The van der Waals surface area contributed by atoms with E-state index in [1.165, 1.54) is 0 Å². The topological polar surface area (TPSA) is 109 Å². The van der Waals surface area contributed by atoms with Crippen molar-refractivity contribution in [2.75, 3.05) is 6.61 Å². The average Bonchev–Trinajstić information content (AvgIpc) is 3.25. The van der Waals surface area contributed by atoms with Crippen molar-refractivity contribution >= 4 is 23.4 Å². The summed E-state index contributed by atoms with van der Waals surface area (Å²) >= 11 is 5.90. The summed E-state index contributed by atoms with van der Waals surface area (Å²) in [7, 11) is 0. The Bertz CT molecular complexity index is 705. The number of hydrogen-bond donors (Lipinski definition) is 4. The maximum absolute atomic E-state index is 13.8. The van der Waals surface area contributed by atoms with Crippen molar-refractivity contribution in [3.8, 4) is 0 Å². The first-order valence-electron chi connectivity index (χ1n) is 11.9. The lowest BCUT2D eigenvalue weighted by molar-refractivity contribution is -0.144. The number of ether oxygens (including phenoxy) is 1. The predicted molar refractivity (Wildman–Crippen MR) is 116 cm³/mol. The average molecular weight is 476 g/mol. The highest BCUT2D eigenvalue weighted by Crippen LogP contribution is 2.47. The number of alkyl halides is 2. The fraction of sp³-hybridized carbons (Fsp3) is 0.909. The molecule has 32 heavy (non-hydrogen) atoms. The Morgan fingerprint density at radius 2 is 1.97 bits per heavy atom. The van der Waals surface area contributed by atoms with Gasteiger partial charge in [-0.1, -0.05) is 6.92 Å². The van der Waals surface area contributed by atoms with Gasteiger partial charge in [-0.05, 0) is 51.4 Å². The van der Waals surface area contributed by atoms with Crippen LogP contribution in [0.25, 0.3) is 0 Å². The quantitative estimate of drug-likeness (QED) is 0.417. The molecule has 4 saturated carbocycles. The van der Waals surface area contributed by atoms with Crippen LogP contribution in [-0.2, 0) is 19.2 Å². The monoisotopic (exact) mass is 475 g/mol. The van der Waals surface area contributed by atoms with Gasteiger partial charge in [-0.3, -0.25) is 14.4 Å². The van der Waals surface area contributed by atoms with Crippen molar-refractivity contribution in [3.63, 3.8) is 0 Å². The number of carbonyl (C=O) groups is 2. The normalized spacial score (nSPS) is 43.8. The van der Waals surface area contributed by atoms with Gasteiger partial charge in [-0.2, -0.15) is 5.48 Å². The third-order valence-electron chi connectivity index (χ3n) is 7.85. The fourth-order valence-corrected chi connectivity index (χ4v) is 5.88. The highest BCUT2D eigenvalue weighted by atomic mass is 35.5. The Balaban J connectivity index is 1.26. The van der Waals surface area contributed by atoms with Crippen LogP contribution in [0.5, 0.6) is 0 Å². The molecule has 5 rings (SSSR count). The van der Waals surface area contributed by atoms with Crippen LogP contribution in [0.3, 0.4) is 0 Å². The van der Waals surface area contributed by atoms with E-state index in [1.807, 2.05) is 6.92 Å². The Kier molecular flexibility index (Phi) is 7.32. The number of fused-ring (bicyclic) bond motifs is 3. The number of carbonyl (C=O) groups excluding carboxylic acids is 2.